The number of rotatable bonds is 6. The molecule has 2 aromatic rings. The molecular weight excluding hydrogens is 466 g/mol. The Balaban J connectivity index is 1.36. The standard InChI is InChI=1S/C25H29ClF2N2O4/c26-18-3-1-16(2-4-18)11-29-25(32)10-21-6-8-23-24(34-21)15-33-14-20(31)13-30(23)12-17-9-19(27)5-7-22(17)28/h1-5,7,9,20-21,23-24,31H,6,8,10-15H2,(H,29,32)/t20-,21+,23+,24-/m1/s1. The van der Waals surface area contributed by atoms with Gasteiger partial charge < -0.3 is 19.9 Å². The zero-order valence-electron chi connectivity index (χ0n) is 18.8. The molecule has 0 unspecified atom stereocenters. The molecule has 0 aliphatic carbocycles. The number of halogens is 3. The van der Waals surface area contributed by atoms with Gasteiger partial charge in [-0.05, 0) is 48.7 Å². The van der Waals surface area contributed by atoms with Crippen LogP contribution in [0.25, 0.3) is 0 Å². The summed E-state index contributed by atoms with van der Waals surface area (Å²) < 4.78 is 39.8. The molecule has 2 aliphatic rings. The predicted molar refractivity (Wildman–Crippen MR) is 123 cm³/mol. The minimum atomic E-state index is -0.742. The SMILES string of the molecule is O=C(C[C@@H]1CC[C@H]2[C@@H](COC[C@H](O)CN2Cc2cc(F)ccc2F)O1)NCc1ccc(Cl)cc1. The van der Waals surface area contributed by atoms with Gasteiger partial charge in [0.1, 0.15) is 11.6 Å². The van der Waals surface area contributed by atoms with E-state index >= 15 is 0 Å². The molecule has 6 nitrogen and oxygen atoms in total. The van der Waals surface area contributed by atoms with Gasteiger partial charge in [0, 0.05) is 36.3 Å². The lowest BCUT2D eigenvalue weighted by molar-refractivity contribution is -0.158. The van der Waals surface area contributed by atoms with Gasteiger partial charge in [-0.25, -0.2) is 8.78 Å². The first-order valence-corrected chi connectivity index (χ1v) is 11.9. The number of carbonyl (C=O) groups excluding carboxylic acids is 1. The van der Waals surface area contributed by atoms with E-state index in [1.807, 2.05) is 17.0 Å². The third-order valence-corrected chi connectivity index (χ3v) is 6.54. The molecule has 1 amide bonds. The number of nitrogens with one attached hydrogen (secondary N) is 1. The highest BCUT2D eigenvalue weighted by molar-refractivity contribution is 6.30. The number of ether oxygens (including phenoxy) is 2. The molecule has 0 radical (unpaired) electrons. The minimum absolute atomic E-state index is 0.112. The Hall–Kier alpha value is -2.10. The number of fused-ring (bicyclic) bond motifs is 1. The van der Waals surface area contributed by atoms with E-state index in [1.165, 1.54) is 6.07 Å². The van der Waals surface area contributed by atoms with Crippen LogP contribution < -0.4 is 5.32 Å². The lowest BCUT2D eigenvalue weighted by Gasteiger charge is -2.44. The molecule has 2 aliphatic heterocycles. The molecular formula is C25H29ClF2N2O4. The van der Waals surface area contributed by atoms with Crippen molar-refractivity contribution in [3.8, 4) is 0 Å². The van der Waals surface area contributed by atoms with Crippen LogP contribution in [-0.4, -0.2) is 60.0 Å². The highest BCUT2D eigenvalue weighted by Crippen LogP contribution is 2.29. The summed E-state index contributed by atoms with van der Waals surface area (Å²) in [5.41, 5.74) is 1.19. The van der Waals surface area contributed by atoms with Gasteiger partial charge in [-0.3, -0.25) is 9.69 Å². The molecule has 184 valence electrons. The number of hydrogen-bond donors (Lipinski definition) is 2. The minimum Gasteiger partial charge on any atom is -0.389 e. The second-order valence-electron chi connectivity index (χ2n) is 8.91. The van der Waals surface area contributed by atoms with Crippen molar-refractivity contribution in [3.63, 3.8) is 0 Å². The van der Waals surface area contributed by atoms with Crippen LogP contribution in [-0.2, 0) is 27.4 Å². The summed E-state index contributed by atoms with van der Waals surface area (Å²) in [6, 6.07) is 10.5. The fraction of sp³-hybridized carbons (Fsp3) is 0.480. The van der Waals surface area contributed by atoms with Crippen molar-refractivity contribution in [2.75, 3.05) is 19.8 Å². The summed E-state index contributed by atoms with van der Waals surface area (Å²) in [4.78, 5) is 14.4. The maximum Gasteiger partial charge on any atom is 0.222 e. The van der Waals surface area contributed by atoms with Crippen LogP contribution in [0.4, 0.5) is 8.78 Å². The van der Waals surface area contributed by atoms with E-state index in [9.17, 15) is 18.7 Å². The first kappa shape index (κ1) is 25.0. The van der Waals surface area contributed by atoms with Gasteiger partial charge in [-0.2, -0.15) is 0 Å². The van der Waals surface area contributed by atoms with Crippen molar-refractivity contribution in [3.05, 3.63) is 70.2 Å². The Kier molecular flexibility index (Phi) is 8.50. The topological polar surface area (TPSA) is 71.0 Å². The van der Waals surface area contributed by atoms with E-state index in [0.29, 0.717) is 24.4 Å². The molecule has 2 heterocycles. The molecule has 0 bridgehead atoms. The van der Waals surface area contributed by atoms with Crippen LogP contribution in [0, 0.1) is 11.6 Å². The number of aliphatic hydroxyl groups excluding tert-OH is 1. The van der Waals surface area contributed by atoms with Crippen molar-refractivity contribution in [1.29, 1.82) is 0 Å². The highest BCUT2D eigenvalue weighted by Gasteiger charge is 2.38. The summed E-state index contributed by atoms with van der Waals surface area (Å²) in [6.07, 6.45) is 0.187. The maximum absolute atomic E-state index is 14.3. The molecule has 4 atom stereocenters. The van der Waals surface area contributed by atoms with E-state index in [4.69, 9.17) is 21.1 Å². The van der Waals surface area contributed by atoms with Crippen LogP contribution in [0.15, 0.2) is 42.5 Å². The zero-order valence-corrected chi connectivity index (χ0v) is 19.5. The van der Waals surface area contributed by atoms with Crippen LogP contribution in [0.3, 0.4) is 0 Å². The van der Waals surface area contributed by atoms with Crippen molar-refractivity contribution in [2.24, 2.45) is 0 Å². The molecule has 2 saturated heterocycles. The van der Waals surface area contributed by atoms with Gasteiger partial charge in [0.25, 0.3) is 0 Å². The molecule has 9 heteroatoms. The second kappa shape index (κ2) is 11.6. The smallest absolute Gasteiger partial charge is 0.222 e. The van der Waals surface area contributed by atoms with E-state index in [2.05, 4.69) is 5.32 Å². The maximum atomic E-state index is 14.3. The lowest BCUT2D eigenvalue weighted by atomic mass is 9.94. The first-order valence-electron chi connectivity index (χ1n) is 11.5. The van der Waals surface area contributed by atoms with E-state index in [-0.39, 0.29) is 62.4 Å². The Morgan fingerprint density at radius 2 is 1.94 bits per heavy atom. The van der Waals surface area contributed by atoms with Gasteiger partial charge in [0.05, 0.1) is 37.9 Å². The summed E-state index contributed by atoms with van der Waals surface area (Å²) >= 11 is 5.89. The fourth-order valence-electron chi connectivity index (χ4n) is 4.59. The summed E-state index contributed by atoms with van der Waals surface area (Å²) in [5, 5.41) is 13.8. The summed E-state index contributed by atoms with van der Waals surface area (Å²) in [5.74, 6) is -1.11. The Labute approximate surface area is 202 Å². The number of amides is 1. The zero-order chi connectivity index (χ0) is 24.1. The monoisotopic (exact) mass is 494 g/mol. The van der Waals surface area contributed by atoms with E-state index in [1.54, 1.807) is 12.1 Å². The predicted octanol–water partition coefficient (Wildman–Crippen LogP) is 3.43. The van der Waals surface area contributed by atoms with Crippen molar-refractivity contribution in [1.82, 2.24) is 10.2 Å². The highest BCUT2D eigenvalue weighted by atomic mass is 35.5. The van der Waals surface area contributed by atoms with Crippen molar-refractivity contribution in [2.45, 2.75) is 56.7 Å². The number of hydrogen-bond acceptors (Lipinski definition) is 5. The second-order valence-corrected chi connectivity index (χ2v) is 9.34. The number of aliphatic hydroxyl groups is 1. The van der Waals surface area contributed by atoms with Crippen molar-refractivity contribution < 1.29 is 28.2 Å². The normalized spacial score (nSPS) is 25.8. The van der Waals surface area contributed by atoms with Gasteiger partial charge in [0.2, 0.25) is 5.91 Å². The molecule has 2 aromatic carbocycles. The third kappa shape index (κ3) is 6.73. The molecule has 4 rings (SSSR count). The Morgan fingerprint density at radius 3 is 2.74 bits per heavy atom. The van der Waals surface area contributed by atoms with Gasteiger partial charge >= 0.3 is 0 Å². The van der Waals surface area contributed by atoms with E-state index in [0.717, 1.165) is 17.7 Å². The molecule has 2 fully saturated rings. The molecule has 2 N–H and O–H groups in total. The van der Waals surface area contributed by atoms with E-state index < -0.39 is 17.7 Å². The fourth-order valence-corrected chi connectivity index (χ4v) is 4.72. The average molecular weight is 495 g/mol. The van der Waals surface area contributed by atoms with Crippen LogP contribution in [0.5, 0.6) is 0 Å². The van der Waals surface area contributed by atoms with Crippen molar-refractivity contribution >= 4 is 17.5 Å². The Morgan fingerprint density at radius 1 is 1.15 bits per heavy atom. The molecule has 0 spiro atoms. The third-order valence-electron chi connectivity index (χ3n) is 6.28. The van der Waals surface area contributed by atoms with Crippen LogP contribution in [0.1, 0.15) is 30.4 Å². The molecule has 0 saturated carbocycles. The quantitative estimate of drug-likeness (QED) is 0.644. The average Bonchev–Trinajstić information content (AvgIpc) is 2.80. The number of nitrogens with zero attached hydrogens (tertiary/aromatic N) is 1. The Bertz CT molecular complexity index is 978. The largest absolute Gasteiger partial charge is 0.389 e. The number of benzene rings is 2. The number of carbonyl (C=O) groups is 1. The van der Waals surface area contributed by atoms with Gasteiger partial charge in [-0.1, -0.05) is 23.7 Å². The van der Waals surface area contributed by atoms with Crippen LogP contribution >= 0.6 is 11.6 Å². The number of β-amino-alcohol motifs (C(OH)–C–C–N with tert-alkyl or cyclic N) is 1. The van der Waals surface area contributed by atoms with Gasteiger partial charge in [0.15, 0.2) is 0 Å². The molecule has 34 heavy (non-hydrogen) atoms. The summed E-state index contributed by atoms with van der Waals surface area (Å²) in [6.45, 7) is 1.20. The molecule has 0 aromatic heterocycles. The van der Waals surface area contributed by atoms with Gasteiger partial charge in [-0.15, -0.1) is 0 Å². The lowest BCUT2D eigenvalue weighted by Crippen LogP contribution is -2.55. The first-order chi connectivity index (χ1) is 16.4. The summed E-state index contributed by atoms with van der Waals surface area (Å²) in [7, 11) is 0. The van der Waals surface area contributed by atoms with Crippen LogP contribution in [0.2, 0.25) is 5.02 Å².